The molecule has 0 amide bonds. The van der Waals surface area contributed by atoms with Crippen molar-refractivity contribution in [2.75, 3.05) is 18.9 Å². The summed E-state index contributed by atoms with van der Waals surface area (Å²) in [4.78, 5) is 5.12. The van der Waals surface area contributed by atoms with E-state index in [1.54, 1.807) is 5.38 Å². The number of nitrogens with zero attached hydrogens (tertiary/aromatic N) is 1. The van der Waals surface area contributed by atoms with Crippen molar-refractivity contribution in [2.45, 2.75) is 17.1 Å². The van der Waals surface area contributed by atoms with Crippen molar-refractivity contribution in [3.63, 3.8) is 0 Å². The molecule has 84 valence electrons. The van der Waals surface area contributed by atoms with Crippen LogP contribution in [0.15, 0.2) is 15.7 Å². The summed E-state index contributed by atoms with van der Waals surface area (Å²) >= 11 is 1.12. The summed E-state index contributed by atoms with van der Waals surface area (Å²) in [7, 11) is -3.49. The molecule has 0 spiro atoms. The fraction of sp³-hybridized carbons (Fsp3) is 0.500. The van der Waals surface area contributed by atoms with Crippen LogP contribution in [-0.4, -0.2) is 26.0 Å². The summed E-state index contributed by atoms with van der Waals surface area (Å²) in [6, 6.07) is 1.46. The van der Waals surface area contributed by atoms with Crippen molar-refractivity contribution >= 4 is 27.0 Å². The Morgan fingerprint density at radius 1 is 1.47 bits per heavy atom. The van der Waals surface area contributed by atoms with Crippen LogP contribution < -0.4 is 5.73 Å². The molecule has 0 atom stereocenters. The molecule has 0 radical (unpaired) electrons. The fourth-order valence-corrected chi connectivity index (χ4v) is 3.80. The van der Waals surface area contributed by atoms with Gasteiger partial charge in [-0.1, -0.05) is 4.47 Å². The summed E-state index contributed by atoms with van der Waals surface area (Å²) in [6.07, 6.45) is 1.73. The molecule has 5 nitrogen and oxygen atoms in total. The van der Waals surface area contributed by atoms with Crippen LogP contribution in [0.4, 0.5) is 5.69 Å². The van der Waals surface area contributed by atoms with Gasteiger partial charge in [-0.2, -0.15) is 0 Å². The topological polar surface area (TPSA) is 72.6 Å². The van der Waals surface area contributed by atoms with Gasteiger partial charge in [0.15, 0.2) is 0 Å². The maximum absolute atomic E-state index is 12.0. The molecule has 2 heterocycles. The molecule has 0 bridgehead atoms. The van der Waals surface area contributed by atoms with Crippen LogP contribution in [0.25, 0.3) is 0 Å². The first-order valence-electron chi connectivity index (χ1n) is 4.60. The third kappa shape index (κ3) is 2.15. The predicted molar refractivity (Wildman–Crippen MR) is 57.8 cm³/mol. The van der Waals surface area contributed by atoms with Gasteiger partial charge in [-0.25, -0.2) is 8.42 Å². The molecule has 15 heavy (non-hydrogen) atoms. The molecule has 0 aliphatic carbocycles. The van der Waals surface area contributed by atoms with Crippen molar-refractivity contribution in [2.24, 2.45) is 0 Å². The van der Waals surface area contributed by atoms with E-state index in [0.717, 1.165) is 28.6 Å². The highest BCUT2D eigenvalue weighted by molar-refractivity contribution is 7.91. The second-order valence-corrected chi connectivity index (χ2v) is 6.24. The lowest BCUT2D eigenvalue weighted by atomic mass is 10.3. The van der Waals surface area contributed by atoms with Crippen LogP contribution in [0.2, 0.25) is 0 Å². The number of rotatable bonds is 2. The highest BCUT2D eigenvalue weighted by atomic mass is 32.2. The quantitative estimate of drug-likeness (QED) is 0.849. The molecule has 0 unspecified atom stereocenters. The molecule has 1 aliphatic rings. The number of nitrogens with two attached hydrogens (primary N) is 1. The Balaban J connectivity index is 2.26. The average Bonchev–Trinajstić information content (AvgIpc) is 2.67. The number of nitrogen functional groups attached to an aromatic ring is 1. The van der Waals surface area contributed by atoms with E-state index in [1.165, 1.54) is 6.07 Å². The summed E-state index contributed by atoms with van der Waals surface area (Å²) in [6.45, 7) is 0.875. The monoisotopic (exact) mass is 248 g/mol. The Bertz CT molecular complexity index is 434. The van der Waals surface area contributed by atoms with Crippen LogP contribution in [-0.2, 0) is 14.9 Å². The summed E-state index contributed by atoms with van der Waals surface area (Å²) in [5.41, 5.74) is 5.96. The third-order valence-corrected chi connectivity index (χ3v) is 5.20. The number of hydroxylamine groups is 1. The number of sulfonamides is 1. The molecule has 0 aromatic carbocycles. The molecule has 0 saturated carbocycles. The van der Waals surface area contributed by atoms with E-state index in [4.69, 9.17) is 10.6 Å². The highest BCUT2D eigenvalue weighted by Gasteiger charge is 2.28. The van der Waals surface area contributed by atoms with Crippen molar-refractivity contribution in [1.29, 1.82) is 0 Å². The minimum Gasteiger partial charge on any atom is -0.398 e. The minimum atomic E-state index is -3.49. The van der Waals surface area contributed by atoms with Crippen molar-refractivity contribution in [3.05, 3.63) is 11.4 Å². The molecule has 1 aromatic heterocycles. The molecule has 1 aromatic rings. The SMILES string of the molecule is Nc1csc(S(=O)(=O)N2CCCCO2)c1. The lowest BCUT2D eigenvalue weighted by molar-refractivity contribution is -0.108. The van der Waals surface area contributed by atoms with E-state index in [2.05, 4.69) is 0 Å². The Morgan fingerprint density at radius 3 is 2.80 bits per heavy atom. The molecule has 2 N–H and O–H groups in total. The minimum absolute atomic E-state index is 0.238. The summed E-state index contributed by atoms with van der Waals surface area (Å²) < 4.78 is 25.2. The number of hydrogen-bond donors (Lipinski definition) is 1. The highest BCUT2D eigenvalue weighted by Crippen LogP contribution is 2.26. The standard InChI is InChI=1S/C8H12N2O3S2/c9-7-5-8(14-6-7)15(11,12)10-3-1-2-4-13-10/h5-6H,1-4,9H2. The van der Waals surface area contributed by atoms with Gasteiger partial charge >= 0.3 is 0 Å². The van der Waals surface area contributed by atoms with Gasteiger partial charge in [-0.3, -0.25) is 4.84 Å². The molecule has 2 rings (SSSR count). The molecule has 1 fully saturated rings. The Kier molecular flexibility index (Phi) is 2.96. The largest absolute Gasteiger partial charge is 0.398 e. The fourth-order valence-electron chi connectivity index (χ4n) is 1.33. The second kappa shape index (κ2) is 4.09. The summed E-state index contributed by atoms with van der Waals surface area (Å²) in [5, 5.41) is 1.61. The first kappa shape index (κ1) is 10.9. The van der Waals surface area contributed by atoms with Crippen LogP contribution in [0.1, 0.15) is 12.8 Å². The van der Waals surface area contributed by atoms with Gasteiger partial charge in [-0.15, -0.1) is 11.3 Å². The number of anilines is 1. The lowest BCUT2D eigenvalue weighted by Crippen LogP contribution is -2.35. The maximum atomic E-state index is 12.0. The molecule has 7 heteroatoms. The zero-order valence-electron chi connectivity index (χ0n) is 8.05. The van der Waals surface area contributed by atoms with Crippen LogP contribution >= 0.6 is 11.3 Å². The van der Waals surface area contributed by atoms with Crippen LogP contribution in [0.5, 0.6) is 0 Å². The number of thiophene rings is 1. The van der Waals surface area contributed by atoms with E-state index < -0.39 is 10.0 Å². The van der Waals surface area contributed by atoms with Gasteiger partial charge in [0.05, 0.1) is 6.61 Å². The summed E-state index contributed by atoms with van der Waals surface area (Å²) in [5.74, 6) is 0. The van der Waals surface area contributed by atoms with Crippen LogP contribution in [0.3, 0.4) is 0 Å². The Labute approximate surface area is 92.5 Å². The van der Waals surface area contributed by atoms with E-state index in [0.29, 0.717) is 18.8 Å². The predicted octanol–water partition coefficient (Wildman–Crippen LogP) is 1.05. The normalized spacial score (nSPS) is 19.2. The van der Waals surface area contributed by atoms with E-state index >= 15 is 0 Å². The van der Waals surface area contributed by atoms with Gasteiger partial charge in [-0.05, 0) is 18.9 Å². The molecule has 1 saturated heterocycles. The molecular weight excluding hydrogens is 236 g/mol. The lowest BCUT2D eigenvalue weighted by Gasteiger charge is -2.24. The van der Waals surface area contributed by atoms with Gasteiger partial charge in [0, 0.05) is 17.6 Å². The smallest absolute Gasteiger partial charge is 0.274 e. The second-order valence-electron chi connectivity index (χ2n) is 3.27. The van der Waals surface area contributed by atoms with Crippen molar-refractivity contribution in [1.82, 2.24) is 4.47 Å². The zero-order chi connectivity index (χ0) is 10.9. The molecular formula is C8H12N2O3S2. The zero-order valence-corrected chi connectivity index (χ0v) is 9.68. The first-order chi connectivity index (χ1) is 7.10. The van der Waals surface area contributed by atoms with Gasteiger partial charge < -0.3 is 5.73 Å². The first-order valence-corrected chi connectivity index (χ1v) is 6.92. The van der Waals surface area contributed by atoms with Crippen molar-refractivity contribution < 1.29 is 13.3 Å². The van der Waals surface area contributed by atoms with Gasteiger partial charge in [0.25, 0.3) is 10.0 Å². The van der Waals surface area contributed by atoms with E-state index in [-0.39, 0.29) is 4.21 Å². The molecule has 1 aliphatic heterocycles. The van der Waals surface area contributed by atoms with Crippen molar-refractivity contribution in [3.8, 4) is 0 Å². The average molecular weight is 248 g/mol. The number of hydrogen-bond acceptors (Lipinski definition) is 5. The maximum Gasteiger partial charge on any atom is 0.274 e. The Morgan fingerprint density at radius 2 is 2.27 bits per heavy atom. The van der Waals surface area contributed by atoms with E-state index in [1.807, 2.05) is 0 Å². The third-order valence-electron chi connectivity index (χ3n) is 2.09. The Hall–Kier alpha value is -0.630. The van der Waals surface area contributed by atoms with Gasteiger partial charge in [0.2, 0.25) is 0 Å². The van der Waals surface area contributed by atoms with Crippen LogP contribution in [0, 0.1) is 0 Å². The van der Waals surface area contributed by atoms with Gasteiger partial charge in [0.1, 0.15) is 4.21 Å². The van der Waals surface area contributed by atoms with E-state index in [9.17, 15) is 8.42 Å².